The van der Waals surface area contributed by atoms with Crippen LogP contribution in [-0.2, 0) is 0 Å². The molecule has 0 aliphatic carbocycles. The Bertz CT molecular complexity index is 611. The van der Waals surface area contributed by atoms with Crippen LogP contribution in [0.2, 0.25) is 0 Å². The monoisotopic (exact) mass is 284 g/mol. The average Bonchev–Trinajstić information content (AvgIpc) is 2.73. The van der Waals surface area contributed by atoms with Crippen LogP contribution in [0.4, 0.5) is 11.6 Å². The SMILES string of the molecule is CCCC1CCCN(c2nc3ccccc3nc2N)CC1. The Kier molecular flexibility index (Phi) is 4.23. The van der Waals surface area contributed by atoms with Crippen LogP contribution in [0.15, 0.2) is 24.3 Å². The molecule has 2 N–H and O–H groups in total. The zero-order valence-electron chi connectivity index (χ0n) is 12.8. The van der Waals surface area contributed by atoms with E-state index < -0.39 is 0 Å². The van der Waals surface area contributed by atoms with Crippen LogP contribution in [0.3, 0.4) is 0 Å². The van der Waals surface area contributed by atoms with Crippen LogP contribution >= 0.6 is 0 Å². The Morgan fingerprint density at radius 3 is 2.67 bits per heavy atom. The molecule has 0 radical (unpaired) electrons. The molecule has 112 valence electrons. The molecule has 1 aromatic carbocycles. The number of anilines is 2. The number of para-hydroxylation sites is 2. The molecule has 1 aromatic heterocycles. The van der Waals surface area contributed by atoms with Crippen molar-refractivity contribution in [2.24, 2.45) is 5.92 Å². The second-order valence-corrected chi connectivity index (χ2v) is 5.99. The Hall–Kier alpha value is -1.84. The van der Waals surface area contributed by atoms with E-state index in [4.69, 9.17) is 10.7 Å². The van der Waals surface area contributed by atoms with E-state index in [1.54, 1.807) is 0 Å². The minimum atomic E-state index is 0.558. The minimum absolute atomic E-state index is 0.558. The lowest BCUT2D eigenvalue weighted by Crippen LogP contribution is -2.26. The number of nitrogens with two attached hydrogens (primary N) is 1. The summed E-state index contributed by atoms with van der Waals surface area (Å²) in [7, 11) is 0. The predicted molar refractivity (Wildman–Crippen MR) is 88.4 cm³/mol. The smallest absolute Gasteiger partial charge is 0.172 e. The maximum absolute atomic E-state index is 6.15. The fourth-order valence-electron chi connectivity index (χ4n) is 3.31. The second-order valence-electron chi connectivity index (χ2n) is 5.99. The minimum Gasteiger partial charge on any atom is -0.381 e. The van der Waals surface area contributed by atoms with Crippen molar-refractivity contribution >= 4 is 22.7 Å². The van der Waals surface area contributed by atoms with E-state index in [9.17, 15) is 0 Å². The lowest BCUT2D eigenvalue weighted by molar-refractivity contribution is 0.435. The van der Waals surface area contributed by atoms with Gasteiger partial charge in [-0.05, 0) is 37.3 Å². The molecule has 1 aliphatic rings. The summed E-state index contributed by atoms with van der Waals surface area (Å²) in [5, 5.41) is 0. The second kappa shape index (κ2) is 6.29. The van der Waals surface area contributed by atoms with E-state index in [0.717, 1.165) is 35.9 Å². The number of benzene rings is 1. The number of nitrogens with zero attached hydrogens (tertiary/aromatic N) is 3. The first-order chi connectivity index (χ1) is 10.3. The molecule has 1 fully saturated rings. The summed E-state index contributed by atoms with van der Waals surface area (Å²) in [5.74, 6) is 2.28. The Balaban J connectivity index is 1.84. The molecule has 0 saturated carbocycles. The number of rotatable bonds is 3. The zero-order valence-corrected chi connectivity index (χ0v) is 12.8. The molecule has 1 aliphatic heterocycles. The van der Waals surface area contributed by atoms with Crippen LogP contribution in [-0.4, -0.2) is 23.1 Å². The van der Waals surface area contributed by atoms with Crippen molar-refractivity contribution in [3.8, 4) is 0 Å². The topological polar surface area (TPSA) is 55.0 Å². The number of fused-ring (bicyclic) bond motifs is 1. The highest BCUT2D eigenvalue weighted by atomic mass is 15.2. The Morgan fingerprint density at radius 1 is 1.14 bits per heavy atom. The summed E-state index contributed by atoms with van der Waals surface area (Å²) in [4.78, 5) is 11.6. The van der Waals surface area contributed by atoms with Crippen molar-refractivity contribution in [3.05, 3.63) is 24.3 Å². The highest BCUT2D eigenvalue weighted by molar-refractivity contribution is 5.79. The molecule has 2 aromatic rings. The Morgan fingerprint density at radius 2 is 1.90 bits per heavy atom. The fourth-order valence-corrected chi connectivity index (χ4v) is 3.31. The molecule has 0 spiro atoms. The summed E-state index contributed by atoms with van der Waals surface area (Å²) in [5.41, 5.74) is 7.95. The average molecular weight is 284 g/mol. The highest BCUT2D eigenvalue weighted by Crippen LogP contribution is 2.28. The summed E-state index contributed by atoms with van der Waals surface area (Å²) in [6.45, 7) is 4.36. The molecular weight excluding hydrogens is 260 g/mol. The maximum atomic E-state index is 6.15. The van der Waals surface area contributed by atoms with Crippen LogP contribution in [0, 0.1) is 5.92 Å². The van der Waals surface area contributed by atoms with E-state index in [1.807, 2.05) is 24.3 Å². The molecule has 0 bridgehead atoms. The normalized spacial score (nSPS) is 19.7. The summed E-state index contributed by atoms with van der Waals surface area (Å²) >= 11 is 0. The van der Waals surface area contributed by atoms with Crippen molar-refractivity contribution in [2.45, 2.75) is 39.0 Å². The van der Waals surface area contributed by atoms with Crippen LogP contribution in [0.25, 0.3) is 11.0 Å². The van der Waals surface area contributed by atoms with Crippen LogP contribution in [0.1, 0.15) is 39.0 Å². The van der Waals surface area contributed by atoms with Gasteiger partial charge in [-0.15, -0.1) is 0 Å². The highest BCUT2D eigenvalue weighted by Gasteiger charge is 2.20. The van der Waals surface area contributed by atoms with Gasteiger partial charge in [0.05, 0.1) is 11.0 Å². The molecular formula is C17H24N4. The van der Waals surface area contributed by atoms with Crippen molar-refractivity contribution in [3.63, 3.8) is 0 Å². The maximum Gasteiger partial charge on any atom is 0.172 e. The first-order valence-corrected chi connectivity index (χ1v) is 8.05. The molecule has 2 heterocycles. The fraction of sp³-hybridized carbons (Fsp3) is 0.529. The van der Waals surface area contributed by atoms with Crippen LogP contribution in [0.5, 0.6) is 0 Å². The van der Waals surface area contributed by atoms with Crippen molar-refractivity contribution in [2.75, 3.05) is 23.7 Å². The molecule has 4 heteroatoms. The first kappa shape index (κ1) is 14.1. The van der Waals surface area contributed by atoms with E-state index in [1.165, 1.54) is 32.1 Å². The van der Waals surface area contributed by atoms with Gasteiger partial charge in [-0.25, -0.2) is 9.97 Å². The molecule has 1 atom stereocenters. The van der Waals surface area contributed by atoms with E-state index in [2.05, 4.69) is 16.8 Å². The predicted octanol–water partition coefficient (Wildman–Crippen LogP) is 3.62. The van der Waals surface area contributed by atoms with Crippen molar-refractivity contribution < 1.29 is 0 Å². The zero-order chi connectivity index (χ0) is 14.7. The molecule has 1 saturated heterocycles. The van der Waals surface area contributed by atoms with Gasteiger partial charge in [0.2, 0.25) is 0 Å². The lowest BCUT2D eigenvalue weighted by Gasteiger charge is -2.23. The lowest BCUT2D eigenvalue weighted by atomic mass is 9.96. The molecule has 3 rings (SSSR count). The molecule has 0 amide bonds. The van der Waals surface area contributed by atoms with E-state index in [0.29, 0.717) is 5.82 Å². The van der Waals surface area contributed by atoms with Gasteiger partial charge in [-0.2, -0.15) is 0 Å². The van der Waals surface area contributed by atoms with Gasteiger partial charge in [0.1, 0.15) is 0 Å². The van der Waals surface area contributed by atoms with Gasteiger partial charge in [0.25, 0.3) is 0 Å². The molecule has 1 unspecified atom stereocenters. The van der Waals surface area contributed by atoms with Crippen molar-refractivity contribution in [1.29, 1.82) is 0 Å². The third-order valence-electron chi connectivity index (χ3n) is 4.42. The number of nitrogen functional groups attached to an aromatic ring is 1. The summed E-state index contributed by atoms with van der Waals surface area (Å²) < 4.78 is 0. The van der Waals surface area contributed by atoms with E-state index in [-0.39, 0.29) is 0 Å². The summed E-state index contributed by atoms with van der Waals surface area (Å²) in [6, 6.07) is 7.93. The standard InChI is InChI=1S/C17H24N4/c1-2-6-13-7-5-11-21(12-10-13)17-16(18)19-14-8-3-4-9-15(14)20-17/h3-4,8-9,13H,2,5-7,10-12H2,1H3,(H2,18,19). The molecule has 21 heavy (non-hydrogen) atoms. The van der Waals surface area contributed by atoms with Gasteiger partial charge in [0, 0.05) is 13.1 Å². The first-order valence-electron chi connectivity index (χ1n) is 8.05. The Labute approximate surface area is 126 Å². The largest absolute Gasteiger partial charge is 0.381 e. The third kappa shape index (κ3) is 3.09. The van der Waals surface area contributed by atoms with Gasteiger partial charge in [0.15, 0.2) is 11.6 Å². The van der Waals surface area contributed by atoms with Gasteiger partial charge in [-0.1, -0.05) is 31.9 Å². The van der Waals surface area contributed by atoms with Gasteiger partial charge < -0.3 is 10.6 Å². The van der Waals surface area contributed by atoms with Gasteiger partial charge in [-0.3, -0.25) is 0 Å². The van der Waals surface area contributed by atoms with E-state index >= 15 is 0 Å². The number of aromatic nitrogens is 2. The summed E-state index contributed by atoms with van der Waals surface area (Å²) in [6.07, 6.45) is 6.40. The van der Waals surface area contributed by atoms with Gasteiger partial charge >= 0.3 is 0 Å². The number of hydrogen-bond acceptors (Lipinski definition) is 4. The van der Waals surface area contributed by atoms with Crippen molar-refractivity contribution in [1.82, 2.24) is 9.97 Å². The number of hydrogen-bond donors (Lipinski definition) is 1. The van der Waals surface area contributed by atoms with Crippen LogP contribution < -0.4 is 10.6 Å². The quantitative estimate of drug-likeness (QED) is 0.935. The molecule has 4 nitrogen and oxygen atoms in total. The third-order valence-corrected chi connectivity index (χ3v) is 4.42.